The van der Waals surface area contributed by atoms with Gasteiger partial charge in [-0.25, -0.2) is 4.39 Å². The summed E-state index contributed by atoms with van der Waals surface area (Å²) < 4.78 is 19.0. The molecule has 1 aromatic rings. The van der Waals surface area contributed by atoms with Gasteiger partial charge in [0.2, 0.25) is 0 Å². The molecule has 0 atom stereocenters. The molecule has 0 radical (unpaired) electrons. The zero-order chi connectivity index (χ0) is 19.1. The fraction of sp³-hybridized carbons (Fsp3) is 0.542. The van der Waals surface area contributed by atoms with Gasteiger partial charge in [0.25, 0.3) is 0 Å². The van der Waals surface area contributed by atoms with Crippen molar-refractivity contribution in [3.05, 3.63) is 60.0 Å². The Kier molecular flexibility index (Phi) is 6.85. The average molecular weight is 368 g/mol. The van der Waals surface area contributed by atoms with E-state index in [1.54, 1.807) is 25.3 Å². The molecule has 0 bridgehead atoms. The van der Waals surface area contributed by atoms with Crippen LogP contribution >= 0.6 is 0 Å². The summed E-state index contributed by atoms with van der Waals surface area (Å²) in [6, 6.07) is 9.11. The van der Waals surface area contributed by atoms with E-state index < -0.39 is 0 Å². The topological polar surface area (TPSA) is 33.0 Å². The number of nitriles is 1. The number of methoxy groups -OCH3 is 1. The van der Waals surface area contributed by atoms with Crippen LogP contribution in [0.3, 0.4) is 0 Å². The molecule has 3 heteroatoms. The van der Waals surface area contributed by atoms with Gasteiger partial charge < -0.3 is 4.74 Å². The lowest BCUT2D eigenvalue weighted by molar-refractivity contribution is -0.0193. The Morgan fingerprint density at radius 3 is 2.22 bits per heavy atom. The van der Waals surface area contributed by atoms with E-state index in [2.05, 4.69) is 6.08 Å². The molecule has 2 aliphatic carbocycles. The molecular weight excluding hydrogens is 337 g/mol. The lowest BCUT2D eigenvalue weighted by atomic mass is 9.67. The summed E-state index contributed by atoms with van der Waals surface area (Å²) in [7, 11) is 1.80. The number of hydrogen-bond donors (Lipinski definition) is 0. The third-order valence-electron chi connectivity index (χ3n) is 6.74. The van der Waals surface area contributed by atoms with Crippen molar-refractivity contribution >= 4 is 0 Å². The highest BCUT2D eigenvalue weighted by Crippen LogP contribution is 2.45. The maximum Gasteiger partial charge on any atom is 0.123 e. The number of ether oxygens (including phenoxy) is 1. The van der Waals surface area contributed by atoms with Crippen molar-refractivity contribution < 1.29 is 9.13 Å². The summed E-state index contributed by atoms with van der Waals surface area (Å²) in [6.45, 7) is 0. The van der Waals surface area contributed by atoms with Crippen LogP contribution in [0.25, 0.3) is 0 Å². The van der Waals surface area contributed by atoms with Crippen LogP contribution in [0.15, 0.2) is 48.6 Å². The molecule has 0 saturated heterocycles. The van der Waals surface area contributed by atoms with E-state index in [-0.39, 0.29) is 11.4 Å². The van der Waals surface area contributed by atoms with Gasteiger partial charge in [0.05, 0.1) is 11.7 Å². The van der Waals surface area contributed by atoms with Gasteiger partial charge in [-0.1, -0.05) is 30.4 Å². The molecular formula is C24H30FNO. The Balaban J connectivity index is 1.50. The monoisotopic (exact) mass is 367 g/mol. The Bertz CT molecular complexity index is 684. The standard InChI is InChI=1S/C24H30FNO/c1-27-24(15-3-2-4-18-26)16-13-22(14-17-24)20-7-5-19(6-8-20)21-9-11-23(25)12-10-21/h2-4,9-12,15,19-20,22H,5-8,13-14,16-17H2,1H3/t19-,20-,22-,24+. The molecule has 0 heterocycles. The Labute approximate surface area is 162 Å². The van der Waals surface area contributed by atoms with Crippen LogP contribution in [-0.2, 0) is 4.74 Å². The molecule has 0 amide bonds. The van der Waals surface area contributed by atoms with Crippen LogP contribution in [0.4, 0.5) is 4.39 Å². The molecule has 0 N–H and O–H groups in total. The second-order valence-corrected chi connectivity index (χ2v) is 8.12. The minimum atomic E-state index is -0.165. The molecule has 2 saturated carbocycles. The van der Waals surface area contributed by atoms with Gasteiger partial charge in [0.1, 0.15) is 5.82 Å². The van der Waals surface area contributed by atoms with E-state index in [9.17, 15) is 4.39 Å². The first-order valence-corrected chi connectivity index (χ1v) is 10.2. The Morgan fingerprint density at radius 1 is 1.00 bits per heavy atom. The van der Waals surface area contributed by atoms with Gasteiger partial charge in [-0.2, -0.15) is 5.26 Å². The summed E-state index contributed by atoms with van der Waals surface area (Å²) in [4.78, 5) is 0. The molecule has 0 aromatic heterocycles. The predicted octanol–water partition coefficient (Wildman–Crippen LogP) is 6.31. The number of halogens is 1. The molecule has 144 valence electrons. The molecule has 27 heavy (non-hydrogen) atoms. The lowest BCUT2D eigenvalue weighted by Gasteiger charge is -2.42. The number of rotatable bonds is 5. The van der Waals surface area contributed by atoms with E-state index >= 15 is 0 Å². The molecule has 0 spiro atoms. The van der Waals surface area contributed by atoms with Crippen molar-refractivity contribution in [2.45, 2.75) is 62.9 Å². The van der Waals surface area contributed by atoms with Gasteiger partial charge in [-0.3, -0.25) is 0 Å². The second-order valence-electron chi connectivity index (χ2n) is 8.12. The summed E-state index contributed by atoms with van der Waals surface area (Å²) in [5.74, 6) is 2.07. The lowest BCUT2D eigenvalue weighted by Crippen LogP contribution is -2.36. The van der Waals surface area contributed by atoms with E-state index in [4.69, 9.17) is 10.00 Å². The summed E-state index contributed by atoms with van der Waals surface area (Å²) in [6.07, 6.45) is 16.9. The van der Waals surface area contributed by atoms with E-state index in [0.29, 0.717) is 5.92 Å². The van der Waals surface area contributed by atoms with E-state index in [1.807, 2.05) is 24.3 Å². The normalized spacial score (nSPS) is 32.0. The maximum atomic E-state index is 13.1. The fourth-order valence-corrected chi connectivity index (χ4v) is 5.03. The minimum Gasteiger partial charge on any atom is -0.374 e. The molecule has 1 aromatic carbocycles. The van der Waals surface area contributed by atoms with Gasteiger partial charge in [-0.15, -0.1) is 0 Å². The van der Waals surface area contributed by atoms with E-state index in [1.165, 1.54) is 50.2 Å². The first-order valence-electron chi connectivity index (χ1n) is 10.2. The molecule has 2 aliphatic rings. The van der Waals surface area contributed by atoms with Crippen LogP contribution in [-0.4, -0.2) is 12.7 Å². The van der Waals surface area contributed by atoms with Gasteiger partial charge in [0, 0.05) is 13.2 Å². The number of allylic oxidation sites excluding steroid dienone is 3. The smallest absolute Gasteiger partial charge is 0.123 e. The largest absolute Gasteiger partial charge is 0.374 e. The third kappa shape index (κ3) is 5.08. The fourth-order valence-electron chi connectivity index (χ4n) is 5.03. The van der Waals surface area contributed by atoms with Crippen molar-refractivity contribution in [1.82, 2.24) is 0 Å². The zero-order valence-electron chi connectivity index (χ0n) is 16.2. The van der Waals surface area contributed by atoms with Crippen LogP contribution in [0.2, 0.25) is 0 Å². The first-order chi connectivity index (χ1) is 13.2. The SMILES string of the molecule is CO[C@]1(C=CC=CC#N)CC[C@H]([C@H]2CC[C@H](c3ccc(F)cc3)CC2)CC1. The first kappa shape index (κ1) is 19.8. The van der Waals surface area contributed by atoms with Gasteiger partial charge in [0.15, 0.2) is 0 Å². The highest BCUT2D eigenvalue weighted by Gasteiger charge is 2.37. The van der Waals surface area contributed by atoms with Crippen LogP contribution in [0, 0.1) is 29.0 Å². The molecule has 0 aliphatic heterocycles. The number of nitrogens with zero attached hydrogens (tertiary/aromatic N) is 1. The minimum absolute atomic E-state index is 0.145. The zero-order valence-corrected chi connectivity index (χ0v) is 16.2. The van der Waals surface area contributed by atoms with Crippen LogP contribution in [0.5, 0.6) is 0 Å². The Morgan fingerprint density at radius 2 is 1.63 bits per heavy atom. The van der Waals surface area contributed by atoms with Crippen molar-refractivity contribution in [3.63, 3.8) is 0 Å². The van der Waals surface area contributed by atoms with Crippen molar-refractivity contribution in [3.8, 4) is 6.07 Å². The summed E-state index contributed by atoms with van der Waals surface area (Å²) in [5, 5.41) is 8.59. The van der Waals surface area contributed by atoms with Gasteiger partial charge >= 0.3 is 0 Å². The Hall–Kier alpha value is -1.92. The average Bonchev–Trinajstić information content (AvgIpc) is 2.72. The maximum absolute atomic E-state index is 13.1. The predicted molar refractivity (Wildman–Crippen MR) is 107 cm³/mol. The number of benzene rings is 1. The second kappa shape index (κ2) is 9.33. The quantitative estimate of drug-likeness (QED) is 0.451. The molecule has 2 fully saturated rings. The molecule has 2 nitrogen and oxygen atoms in total. The van der Waals surface area contributed by atoms with Crippen molar-refractivity contribution in [1.29, 1.82) is 5.26 Å². The van der Waals surface area contributed by atoms with Crippen LogP contribution < -0.4 is 0 Å². The molecule has 3 rings (SSSR count). The molecule has 0 unspecified atom stereocenters. The van der Waals surface area contributed by atoms with Crippen molar-refractivity contribution in [2.24, 2.45) is 11.8 Å². The highest BCUT2D eigenvalue weighted by atomic mass is 19.1. The van der Waals surface area contributed by atoms with Crippen LogP contribution in [0.1, 0.15) is 62.8 Å². The third-order valence-corrected chi connectivity index (χ3v) is 6.74. The van der Waals surface area contributed by atoms with Crippen molar-refractivity contribution in [2.75, 3.05) is 7.11 Å². The van der Waals surface area contributed by atoms with Gasteiger partial charge in [-0.05, 0) is 86.8 Å². The summed E-state index contributed by atoms with van der Waals surface area (Å²) in [5.41, 5.74) is 1.13. The summed E-state index contributed by atoms with van der Waals surface area (Å²) >= 11 is 0. The number of hydrogen-bond acceptors (Lipinski definition) is 2. The highest BCUT2D eigenvalue weighted by molar-refractivity contribution is 5.21. The van der Waals surface area contributed by atoms with E-state index in [0.717, 1.165) is 24.7 Å².